The smallest absolute Gasteiger partial charge is 0.488 e. The van der Waals surface area contributed by atoms with E-state index in [4.69, 9.17) is 9.47 Å². The zero-order valence-electron chi connectivity index (χ0n) is 15.3. The number of carbonyl (C=O) groups is 1. The molecule has 0 radical (unpaired) electrons. The first-order valence-electron chi connectivity index (χ1n) is 8.26. The highest BCUT2D eigenvalue weighted by atomic mass is 19.4. The monoisotopic (exact) mass is 422 g/mol. The van der Waals surface area contributed by atoms with Gasteiger partial charge in [-0.05, 0) is 30.2 Å². The van der Waals surface area contributed by atoms with Crippen LogP contribution >= 0.6 is 0 Å². The third kappa shape index (κ3) is 5.33. The summed E-state index contributed by atoms with van der Waals surface area (Å²) >= 11 is 0. The first-order valence-corrected chi connectivity index (χ1v) is 8.26. The maximum atomic E-state index is 14.0. The molecule has 0 spiro atoms. The summed E-state index contributed by atoms with van der Waals surface area (Å²) in [5, 5.41) is 0. The molecule has 0 amide bonds. The standard InChI is InChI=1S/C19H16F6O4/c1-3-10-7-11(17(21)22)16(8-14(10)20)28-9-12-13(19(23,24)25)5-4-6-15(12)29-18(26)27-2/h4-8,17H,3,9H2,1-2H3. The van der Waals surface area contributed by atoms with Gasteiger partial charge in [0.15, 0.2) is 0 Å². The normalized spacial score (nSPS) is 11.5. The van der Waals surface area contributed by atoms with Crippen LogP contribution in [0.2, 0.25) is 0 Å². The topological polar surface area (TPSA) is 44.8 Å². The fraction of sp³-hybridized carbons (Fsp3) is 0.316. The maximum Gasteiger partial charge on any atom is 0.513 e. The molecule has 158 valence electrons. The summed E-state index contributed by atoms with van der Waals surface area (Å²) in [6, 6.07) is 4.34. The summed E-state index contributed by atoms with van der Waals surface area (Å²) in [6.07, 6.45) is -9.03. The quantitative estimate of drug-likeness (QED) is 0.322. The molecule has 10 heteroatoms. The minimum atomic E-state index is -4.85. The Hall–Kier alpha value is -2.91. The number of hydrogen-bond acceptors (Lipinski definition) is 4. The van der Waals surface area contributed by atoms with Gasteiger partial charge in [-0.25, -0.2) is 18.0 Å². The molecule has 0 aliphatic rings. The van der Waals surface area contributed by atoms with E-state index in [-0.39, 0.29) is 12.0 Å². The van der Waals surface area contributed by atoms with Crippen LogP contribution in [-0.2, 0) is 23.9 Å². The summed E-state index contributed by atoms with van der Waals surface area (Å²) in [6.45, 7) is 0.650. The lowest BCUT2D eigenvalue weighted by Gasteiger charge is -2.18. The molecular weight excluding hydrogens is 406 g/mol. The molecular formula is C19H16F6O4. The van der Waals surface area contributed by atoms with E-state index in [0.717, 1.165) is 25.3 Å². The van der Waals surface area contributed by atoms with Crippen molar-refractivity contribution < 1.29 is 45.3 Å². The number of ether oxygens (including phenoxy) is 3. The van der Waals surface area contributed by atoms with Crippen LogP contribution in [0.25, 0.3) is 0 Å². The first-order chi connectivity index (χ1) is 13.6. The lowest BCUT2D eigenvalue weighted by molar-refractivity contribution is -0.138. The summed E-state index contributed by atoms with van der Waals surface area (Å²) in [5.41, 5.74) is -2.49. The zero-order chi connectivity index (χ0) is 21.8. The Kier molecular flexibility index (Phi) is 6.99. The molecule has 0 fully saturated rings. The van der Waals surface area contributed by atoms with Crippen LogP contribution in [0.1, 0.15) is 35.6 Å². The molecule has 0 N–H and O–H groups in total. The van der Waals surface area contributed by atoms with Gasteiger partial charge >= 0.3 is 12.3 Å². The second-order valence-electron chi connectivity index (χ2n) is 5.76. The van der Waals surface area contributed by atoms with E-state index >= 15 is 0 Å². The van der Waals surface area contributed by atoms with Crippen LogP contribution in [0.5, 0.6) is 11.5 Å². The van der Waals surface area contributed by atoms with Gasteiger partial charge in [0, 0.05) is 11.6 Å². The predicted molar refractivity (Wildman–Crippen MR) is 89.5 cm³/mol. The Balaban J connectivity index is 2.46. The maximum absolute atomic E-state index is 14.0. The molecule has 4 nitrogen and oxygen atoms in total. The fourth-order valence-corrected chi connectivity index (χ4v) is 2.54. The van der Waals surface area contributed by atoms with E-state index in [1.807, 2.05) is 0 Å². The number of aryl methyl sites for hydroxylation is 1. The van der Waals surface area contributed by atoms with Crippen LogP contribution in [0.3, 0.4) is 0 Å². The summed E-state index contributed by atoms with van der Waals surface area (Å²) < 4.78 is 94.7. The number of alkyl halides is 5. The highest BCUT2D eigenvalue weighted by molar-refractivity contribution is 5.64. The highest BCUT2D eigenvalue weighted by Gasteiger charge is 2.35. The number of halogens is 6. The third-order valence-electron chi connectivity index (χ3n) is 3.97. The number of methoxy groups -OCH3 is 1. The molecule has 2 aromatic carbocycles. The van der Waals surface area contributed by atoms with Gasteiger partial charge in [0.2, 0.25) is 0 Å². The highest BCUT2D eigenvalue weighted by Crippen LogP contribution is 2.38. The van der Waals surface area contributed by atoms with Gasteiger partial charge in [-0.15, -0.1) is 0 Å². The van der Waals surface area contributed by atoms with E-state index in [0.29, 0.717) is 12.1 Å². The minimum absolute atomic E-state index is 0.0121. The molecule has 2 rings (SSSR count). The van der Waals surface area contributed by atoms with Gasteiger partial charge in [0.1, 0.15) is 23.9 Å². The molecule has 0 aliphatic carbocycles. The Labute approximate surface area is 162 Å². The van der Waals surface area contributed by atoms with Crippen LogP contribution in [-0.4, -0.2) is 13.3 Å². The average molecular weight is 422 g/mol. The van der Waals surface area contributed by atoms with Crippen molar-refractivity contribution in [3.05, 3.63) is 58.4 Å². The minimum Gasteiger partial charge on any atom is -0.488 e. The van der Waals surface area contributed by atoms with Gasteiger partial charge in [-0.2, -0.15) is 13.2 Å². The van der Waals surface area contributed by atoms with E-state index in [2.05, 4.69) is 4.74 Å². The van der Waals surface area contributed by atoms with Crippen LogP contribution in [0, 0.1) is 5.82 Å². The van der Waals surface area contributed by atoms with Crippen molar-refractivity contribution in [3.8, 4) is 11.5 Å². The summed E-state index contributed by atoms with van der Waals surface area (Å²) in [5.74, 6) is -1.98. The summed E-state index contributed by atoms with van der Waals surface area (Å²) in [4.78, 5) is 11.3. The van der Waals surface area contributed by atoms with Crippen LogP contribution in [0.15, 0.2) is 30.3 Å². The predicted octanol–water partition coefficient (Wildman–Crippen LogP) is 6.07. The van der Waals surface area contributed by atoms with Crippen molar-refractivity contribution in [2.45, 2.75) is 32.6 Å². The first kappa shape index (κ1) is 22.4. The number of benzene rings is 2. The molecule has 0 aliphatic heterocycles. The molecule has 2 aromatic rings. The number of hydrogen-bond donors (Lipinski definition) is 0. The molecule has 0 unspecified atom stereocenters. The number of rotatable bonds is 6. The second-order valence-corrected chi connectivity index (χ2v) is 5.76. The zero-order valence-corrected chi connectivity index (χ0v) is 15.3. The van der Waals surface area contributed by atoms with Gasteiger partial charge in [0.25, 0.3) is 6.43 Å². The third-order valence-corrected chi connectivity index (χ3v) is 3.97. The van der Waals surface area contributed by atoms with Crippen molar-refractivity contribution in [1.82, 2.24) is 0 Å². The Bertz CT molecular complexity index is 880. The SMILES string of the molecule is CCc1cc(C(F)F)c(OCc2c(OC(=O)OC)cccc2C(F)(F)F)cc1F. The number of carbonyl (C=O) groups excluding carboxylic acids is 1. The van der Waals surface area contributed by atoms with Crippen molar-refractivity contribution >= 4 is 6.16 Å². The van der Waals surface area contributed by atoms with Crippen molar-refractivity contribution in [2.75, 3.05) is 7.11 Å². The van der Waals surface area contributed by atoms with E-state index < -0.39 is 59.4 Å². The van der Waals surface area contributed by atoms with E-state index in [9.17, 15) is 31.1 Å². The van der Waals surface area contributed by atoms with Gasteiger partial charge in [0.05, 0.1) is 18.2 Å². The molecule has 0 saturated heterocycles. The van der Waals surface area contributed by atoms with Crippen molar-refractivity contribution in [1.29, 1.82) is 0 Å². The lowest BCUT2D eigenvalue weighted by Crippen LogP contribution is -2.15. The lowest BCUT2D eigenvalue weighted by atomic mass is 10.1. The summed E-state index contributed by atoms with van der Waals surface area (Å²) in [7, 11) is 0.957. The second kappa shape index (κ2) is 9.06. The fourth-order valence-electron chi connectivity index (χ4n) is 2.54. The molecule has 29 heavy (non-hydrogen) atoms. The molecule has 0 saturated carbocycles. The van der Waals surface area contributed by atoms with Crippen LogP contribution < -0.4 is 9.47 Å². The molecule has 0 atom stereocenters. The van der Waals surface area contributed by atoms with Gasteiger partial charge < -0.3 is 14.2 Å². The van der Waals surface area contributed by atoms with Crippen LogP contribution in [0.4, 0.5) is 31.1 Å². The average Bonchev–Trinajstić information content (AvgIpc) is 2.65. The van der Waals surface area contributed by atoms with E-state index in [1.165, 1.54) is 0 Å². The van der Waals surface area contributed by atoms with Crippen molar-refractivity contribution in [2.24, 2.45) is 0 Å². The molecule has 0 bridgehead atoms. The molecule has 0 aromatic heterocycles. The van der Waals surface area contributed by atoms with Gasteiger partial charge in [-0.1, -0.05) is 13.0 Å². The van der Waals surface area contributed by atoms with Crippen molar-refractivity contribution in [3.63, 3.8) is 0 Å². The molecule has 0 heterocycles. The van der Waals surface area contributed by atoms with Gasteiger partial charge in [-0.3, -0.25) is 0 Å². The van der Waals surface area contributed by atoms with E-state index in [1.54, 1.807) is 6.92 Å². The largest absolute Gasteiger partial charge is 0.513 e. The Morgan fingerprint density at radius 2 is 1.83 bits per heavy atom. The Morgan fingerprint density at radius 1 is 1.14 bits per heavy atom. The Morgan fingerprint density at radius 3 is 2.38 bits per heavy atom.